The van der Waals surface area contributed by atoms with Gasteiger partial charge in [0.25, 0.3) is 0 Å². The number of hydrogen-bond donors (Lipinski definition) is 1. The largest absolute Gasteiger partial charge is 0.378 e. The Labute approximate surface area is 146 Å². The second-order valence-electron chi connectivity index (χ2n) is 6.40. The van der Waals surface area contributed by atoms with Crippen molar-refractivity contribution in [1.82, 2.24) is 19.9 Å². The van der Waals surface area contributed by atoms with Crippen LogP contribution in [0, 0.1) is 6.92 Å². The third-order valence-electron chi connectivity index (χ3n) is 4.67. The molecule has 0 bridgehead atoms. The topological polar surface area (TPSA) is 91.2 Å². The Balaban J connectivity index is 1.47. The van der Waals surface area contributed by atoms with Gasteiger partial charge in [0.05, 0.1) is 24.9 Å². The number of carbonyl (C=O) groups is 2. The van der Waals surface area contributed by atoms with Gasteiger partial charge in [0, 0.05) is 45.3 Å². The lowest BCUT2D eigenvalue weighted by Crippen LogP contribution is -2.57. The van der Waals surface area contributed by atoms with Crippen molar-refractivity contribution in [3.05, 3.63) is 11.8 Å². The first kappa shape index (κ1) is 17.7. The summed E-state index contributed by atoms with van der Waals surface area (Å²) in [5.41, 5.74) is 0.721. The molecule has 3 heterocycles. The van der Waals surface area contributed by atoms with Gasteiger partial charge in [-0.15, -0.1) is 0 Å². The van der Waals surface area contributed by atoms with E-state index in [2.05, 4.69) is 15.4 Å². The molecule has 138 valence electrons. The molecule has 2 fully saturated rings. The van der Waals surface area contributed by atoms with Crippen molar-refractivity contribution in [1.29, 1.82) is 0 Å². The Kier molecular flexibility index (Phi) is 5.54. The van der Waals surface area contributed by atoms with Gasteiger partial charge in [-0.2, -0.15) is 0 Å². The molecule has 0 radical (unpaired) electrons. The summed E-state index contributed by atoms with van der Waals surface area (Å²) in [5, 5.41) is 6.49. The summed E-state index contributed by atoms with van der Waals surface area (Å²) >= 11 is 0. The van der Waals surface area contributed by atoms with Crippen LogP contribution in [-0.4, -0.2) is 90.3 Å². The van der Waals surface area contributed by atoms with E-state index in [9.17, 15) is 9.59 Å². The molecule has 9 nitrogen and oxygen atoms in total. The van der Waals surface area contributed by atoms with Gasteiger partial charge in [-0.05, 0) is 13.8 Å². The third-order valence-corrected chi connectivity index (χ3v) is 4.67. The fraction of sp³-hybridized carbons (Fsp3) is 0.688. The van der Waals surface area contributed by atoms with E-state index in [1.54, 1.807) is 13.0 Å². The van der Waals surface area contributed by atoms with E-state index >= 15 is 0 Å². The molecule has 0 unspecified atom stereocenters. The maximum Gasteiger partial charge on any atom is 0.320 e. The maximum absolute atomic E-state index is 12.5. The normalized spacial score (nSPS) is 20.4. The van der Waals surface area contributed by atoms with Gasteiger partial charge in [-0.3, -0.25) is 15.0 Å². The Hall–Kier alpha value is -2.13. The first-order valence-electron chi connectivity index (χ1n) is 8.64. The van der Waals surface area contributed by atoms with Crippen LogP contribution in [0.15, 0.2) is 10.6 Å². The summed E-state index contributed by atoms with van der Waals surface area (Å²) in [4.78, 5) is 30.6. The first-order chi connectivity index (χ1) is 12.0. The molecule has 1 aromatic heterocycles. The highest BCUT2D eigenvalue weighted by Crippen LogP contribution is 2.13. The number of aromatic nitrogens is 1. The predicted molar refractivity (Wildman–Crippen MR) is 90.3 cm³/mol. The minimum Gasteiger partial charge on any atom is -0.378 e. The predicted octanol–water partition coefficient (Wildman–Crippen LogP) is 0.380. The average molecular weight is 351 g/mol. The van der Waals surface area contributed by atoms with Crippen molar-refractivity contribution in [3.63, 3.8) is 0 Å². The molecule has 2 aliphatic heterocycles. The molecule has 25 heavy (non-hydrogen) atoms. The molecular weight excluding hydrogens is 326 g/mol. The monoisotopic (exact) mass is 351 g/mol. The van der Waals surface area contributed by atoms with Gasteiger partial charge in [0.2, 0.25) is 11.8 Å². The molecule has 0 spiro atoms. The van der Waals surface area contributed by atoms with Crippen LogP contribution in [0.1, 0.15) is 12.6 Å². The number of morpholine rings is 1. The smallest absolute Gasteiger partial charge is 0.320 e. The van der Waals surface area contributed by atoms with Gasteiger partial charge in [-0.1, -0.05) is 5.16 Å². The van der Waals surface area contributed by atoms with E-state index in [4.69, 9.17) is 9.26 Å². The van der Waals surface area contributed by atoms with Crippen LogP contribution in [0.3, 0.4) is 0 Å². The quantitative estimate of drug-likeness (QED) is 0.847. The summed E-state index contributed by atoms with van der Waals surface area (Å²) < 4.78 is 10.3. The van der Waals surface area contributed by atoms with Crippen molar-refractivity contribution < 1.29 is 18.8 Å². The number of urea groups is 1. The van der Waals surface area contributed by atoms with Crippen LogP contribution in [0.5, 0.6) is 0 Å². The van der Waals surface area contributed by atoms with Crippen LogP contribution in [-0.2, 0) is 9.53 Å². The van der Waals surface area contributed by atoms with Crippen LogP contribution >= 0.6 is 0 Å². The van der Waals surface area contributed by atoms with E-state index in [-0.39, 0.29) is 18.0 Å². The second-order valence-corrected chi connectivity index (χ2v) is 6.40. The van der Waals surface area contributed by atoms with Gasteiger partial charge in [0.15, 0.2) is 0 Å². The molecule has 3 rings (SSSR count). The molecular formula is C16H25N5O4. The summed E-state index contributed by atoms with van der Waals surface area (Å²) in [6.07, 6.45) is 0. The molecule has 1 atom stereocenters. The van der Waals surface area contributed by atoms with Gasteiger partial charge < -0.3 is 19.1 Å². The third kappa shape index (κ3) is 4.29. The fourth-order valence-corrected chi connectivity index (χ4v) is 3.07. The van der Waals surface area contributed by atoms with Crippen LogP contribution in [0.4, 0.5) is 10.7 Å². The highest BCUT2D eigenvalue weighted by atomic mass is 16.5. The Bertz CT molecular complexity index is 605. The number of ether oxygens (including phenoxy) is 1. The van der Waals surface area contributed by atoms with E-state index in [0.717, 1.165) is 5.69 Å². The summed E-state index contributed by atoms with van der Waals surface area (Å²) in [6.45, 7) is 8.73. The van der Waals surface area contributed by atoms with E-state index < -0.39 is 0 Å². The Morgan fingerprint density at radius 1 is 1.12 bits per heavy atom. The van der Waals surface area contributed by atoms with E-state index in [1.807, 2.05) is 16.7 Å². The highest BCUT2D eigenvalue weighted by Gasteiger charge is 2.30. The number of piperazine rings is 1. The number of nitrogens with zero attached hydrogens (tertiary/aromatic N) is 4. The number of rotatable bonds is 3. The summed E-state index contributed by atoms with van der Waals surface area (Å²) in [5.74, 6) is 0.222. The first-order valence-corrected chi connectivity index (χ1v) is 8.64. The zero-order valence-electron chi connectivity index (χ0n) is 14.7. The van der Waals surface area contributed by atoms with Crippen molar-refractivity contribution in [2.45, 2.75) is 19.9 Å². The zero-order valence-corrected chi connectivity index (χ0v) is 14.7. The Morgan fingerprint density at radius 3 is 2.36 bits per heavy atom. The minimum absolute atomic E-state index is 0.0668. The molecule has 0 saturated carbocycles. The number of carbonyl (C=O) groups excluding carboxylic acids is 2. The number of amides is 3. The lowest BCUT2D eigenvalue weighted by Gasteiger charge is -2.40. The number of hydrogen-bond acceptors (Lipinski definition) is 6. The lowest BCUT2D eigenvalue weighted by molar-refractivity contribution is -0.121. The molecule has 2 aliphatic rings. The van der Waals surface area contributed by atoms with Crippen LogP contribution < -0.4 is 5.32 Å². The maximum atomic E-state index is 12.5. The van der Waals surface area contributed by atoms with Crippen molar-refractivity contribution in [3.8, 4) is 0 Å². The Morgan fingerprint density at radius 2 is 1.76 bits per heavy atom. The highest BCUT2D eigenvalue weighted by molar-refractivity contribution is 5.93. The standard InChI is InChI=1S/C16H25N5O4/c1-12-11-14(25-18-12)17-15(22)13(2)19-3-5-20(6-4-19)16(23)21-7-9-24-10-8-21/h11,13H,3-10H2,1-2H3,(H,17,22)/t13-/m1/s1. The van der Waals surface area contributed by atoms with Crippen LogP contribution in [0.2, 0.25) is 0 Å². The molecule has 0 aliphatic carbocycles. The second kappa shape index (κ2) is 7.83. The van der Waals surface area contributed by atoms with Crippen molar-refractivity contribution >= 4 is 17.8 Å². The number of anilines is 1. The van der Waals surface area contributed by atoms with Gasteiger partial charge >= 0.3 is 6.03 Å². The van der Waals surface area contributed by atoms with Gasteiger partial charge in [0.1, 0.15) is 0 Å². The summed E-state index contributed by atoms with van der Waals surface area (Å²) in [6, 6.07) is 1.45. The minimum atomic E-state index is -0.300. The lowest BCUT2D eigenvalue weighted by atomic mass is 10.2. The van der Waals surface area contributed by atoms with Crippen molar-refractivity contribution in [2.75, 3.05) is 57.8 Å². The molecule has 9 heteroatoms. The van der Waals surface area contributed by atoms with Gasteiger partial charge in [-0.25, -0.2) is 4.79 Å². The average Bonchev–Trinajstić information content (AvgIpc) is 3.06. The zero-order chi connectivity index (χ0) is 17.8. The van der Waals surface area contributed by atoms with E-state index in [1.165, 1.54) is 0 Å². The molecule has 3 amide bonds. The number of nitrogens with one attached hydrogen (secondary N) is 1. The van der Waals surface area contributed by atoms with Crippen LogP contribution in [0.25, 0.3) is 0 Å². The van der Waals surface area contributed by atoms with Crippen molar-refractivity contribution in [2.24, 2.45) is 0 Å². The number of aryl methyl sites for hydroxylation is 1. The summed E-state index contributed by atoms with van der Waals surface area (Å²) in [7, 11) is 0. The SMILES string of the molecule is Cc1cc(NC(=O)[C@@H](C)N2CCN(C(=O)N3CCOCC3)CC2)on1. The molecule has 2 saturated heterocycles. The molecule has 1 aromatic rings. The molecule has 1 N–H and O–H groups in total. The molecule has 0 aromatic carbocycles. The fourth-order valence-electron chi connectivity index (χ4n) is 3.07. The van der Waals surface area contributed by atoms with E-state index in [0.29, 0.717) is 58.4 Å².